The highest BCUT2D eigenvalue weighted by Crippen LogP contribution is 2.37. The van der Waals surface area contributed by atoms with E-state index in [4.69, 9.17) is 11.6 Å². The van der Waals surface area contributed by atoms with Crippen LogP contribution in [0.4, 0.5) is 4.39 Å². The topological polar surface area (TPSA) is 17.8 Å². The highest BCUT2D eigenvalue weighted by Gasteiger charge is 2.26. The monoisotopic (exact) mass is 294 g/mol. The fourth-order valence-corrected chi connectivity index (χ4v) is 3.56. The van der Waals surface area contributed by atoms with Crippen molar-refractivity contribution in [3.05, 3.63) is 29.8 Å². The van der Waals surface area contributed by atoms with Gasteiger partial charge in [0.25, 0.3) is 0 Å². The summed E-state index contributed by atoms with van der Waals surface area (Å²) < 4.78 is 16.2. The van der Waals surface area contributed by atoms with E-state index in [0.29, 0.717) is 17.5 Å². The number of fused-ring (bicyclic) bond motifs is 1. The molecular formula is C16H20ClFN2. The van der Waals surface area contributed by atoms with E-state index in [2.05, 4.69) is 16.5 Å². The van der Waals surface area contributed by atoms with E-state index in [1.54, 1.807) is 6.07 Å². The Morgan fingerprint density at radius 1 is 1.40 bits per heavy atom. The Hall–Kier alpha value is -1.09. The summed E-state index contributed by atoms with van der Waals surface area (Å²) in [4.78, 5) is 4.47. The van der Waals surface area contributed by atoms with Crippen LogP contribution in [-0.2, 0) is 0 Å². The van der Waals surface area contributed by atoms with Gasteiger partial charge in [0.05, 0.1) is 10.9 Å². The Morgan fingerprint density at radius 2 is 2.20 bits per heavy atom. The fraction of sp³-hybridized carbons (Fsp3) is 0.562. The third-order valence-corrected chi connectivity index (χ3v) is 4.52. The summed E-state index contributed by atoms with van der Waals surface area (Å²) in [6, 6.07) is 5.56. The molecule has 0 aliphatic heterocycles. The van der Waals surface area contributed by atoms with Crippen molar-refractivity contribution < 1.29 is 4.39 Å². The van der Waals surface area contributed by atoms with E-state index in [-0.39, 0.29) is 11.2 Å². The first kappa shape index (κ1) is 13.9. The molecule has 2 aromatic rings. The predicted octanol–water partition coefficient (Wildman–Crippen LogP) is 5.23. The minimum absolute atomic E-state index is 0.209. The second kappa shape index (κ2) is 5.36. The molecule has 1 aromatic heterocycles. The maximum Gasteiger partial charge on any atom is 0.151 e. The normalized spacial score (nSPS) is 25.0. The maximum atomic E-state index is 14.0. The third kappa shape index (κ3) is 2.32. The first-order valence-corrected chi connectivity index (χ1v) is 7.82. The molecule has 0 N–H and O–H groups in total. The average molecular weight is 295 g/mol. The van der Waals surface area contributed by atoms with E-state index in [1.807, 2.05) is 13.0 Å². The minimum Gasteiger partial charge on any atom is -0.324 e. The molecule has 0 spiro atoms. The Balaban J connectivity index is 2.16. The Bertz CT molecular complexity index is 620. The minimum atomic E-state index is -0.260. The molecule has 3 rings (SSSR count). The van der Waals surface area contributed by atoms with Crippen molar-refractivity contribution in [1.29, 1.82) is 0 Å². The smallest absolute Gasteiger partial charge is 0.151 e. The summed E-state index contributed by atoms with van der Waals surface area (Å²) in [6.45, 7) is 4.19. The van der Waals surface area contributed by atoms with E-state index in [9.17, 15) is 4.39 Å². The molecule has 0 bridgehead atoms. The molecule has 1 aliphatic carbocycles. The maximum absolute atomic E-state index is 14.0. The molecule has 3 atom stereocenters. The van der Waals surface area contributed by atoms with E-state index >= 15 is 0 Å². The molecule has 1 heterocycles. The summed E-state index contributed by atoms with van der Waals surface area (Å²) >= 11 is 6.28. The highest BCUT2D eigenvalue weighted by molar-refractivity contribution is 6.20. The van der Waals surface area contributed by atoms with Gasteiger partial charge in [0, 0.05) is 6.04 Å². The lowest BCUT2D eigenvalue weighted by Crippen LogP contribution is -2.19. The van der Waals surface area contributed by atoms with E-state index in [1.165, 1.54) is 18.9 Å². The molecule has 0 radical (unpaired) electrons. The molecule has 1 aliphatic rings. The summed E-state index contributed by atoms with van der Waals surface area (Å²) in [7, 11) is 0. The van der Waals surface area contributed by atoms with Crippen LogP contribution in [-0.4, -0.2) is 9.55 Å². The van der Waals surface area contributed by atoms with Gasteiger partial charge in [-0.25, -0.2) is 9.37 Å². The van der Waals surface area contributed by atoms with Crippen molar-refractivity contribution in [2.75, 3.05) is 0 Å². The number of hydrogen-bond donors (Lipinski definition) is 0. The number of aromatic nitrogens is 2. The number of alkyl halides is 1. The van der Waals surface area contributed by atoms with Gasteiger partial charge >= 0.3 is 0 Å². The number of nitrogens with zero attached hydrogens (tertiary/aromatic N) is 2. The summed E-state index contributed by atoms with van der Waals surface area (Å²) in [5.41, 5.74) is 1.33. The van der Waals surface area contributed by atoms with Crippen molar-refractivity contribution in [1.82, 2.24) is 9.55 Å². The Morgan fingerprint density at radius 3 is 2.90 bits per heavy atom. The molecule has 0 saturated heterocycles. The fourth-order valence-electron chi connectivity index (χ4n) is 3.40. The second-order valence-corrected chi connectivity index (χ2v) is 6.64. The number of imidazole rings is 1. The lowest BCUT2D eigenvalue weighted by atomic mass is 9.86. The van der Waals surface area contributed by atoms with Crippen LogP contribution in [0.2, 0.25) is 0 Å². The van der Waals surface area contributed by atoms with Crippen LogP contribution < -0.4 is 0 Å². The number of benzene rings is 1. The van der Waals surface area contributed by atoms with Gasteiger partial charge in [-0.15, -0.1) is 11.6 Å². The van der Waals surface area contributed by atoms with E-state index in [0.717, 1.165) is 24.2 Å². The van der Waals surface area contributed by atoms with Crippen LogP contribution in [0.15, 0.2) is 18.2 Å². The summed E-state index contributed by atoms with van der Waals surface area (Å²) in [5.74, 6) is 1.24. The van der Waals surface area contributed by atoms with Crippen LogP contribution >= 0.6 is 11.6 Å². The largest absolute Gasteiger partial charge is 0.324 e. The van der Waals surface area contributed by atoms with Crippen LogP contribution in [0.1, 0.15) is 56.8 Å². The second-order valence-electron chi connectivity index (χ2n) is 5.99. The number of para-hydroxylation sites is 1. The zero-order valence-electron chi connectivity index (χ0n) is 11.9. The molecule has 1 aromatic carbocycles. The first-order chi connectivity index (χ1) is 9.58. The first-order valence-electron chi connectivity index (χ1n) is 7.38. The average Bonchev–Trinajstić information content (AvgIpc) is 2.80. The Labute approximate surface area is 123 Å². The summed E-state index contributed by atoms with van der Waals surface area (Å²) in [5, 5.41) is -0.209. The number of rotatable bonds is 2. The van der Waals surface area contributed by atoms with Gasteiger partial charge in [-0.3, -0.25) is 0 Å². The van der Waals surface area contributed by atoms with Gasteiger partial charge in [-0.2, -0.15) is 0 Å². The van der Waals surface area contributed by atoms with Gasteiger partial charge in [0.1, 0.15) is 11.3 Å². The van der Waals surface area contributed by atoms with Crippen LogP contribution in [0.3, 0.4) is 0 Å². The van der Waals surface area contributed by atoms with Crippen LogP contribution in [0.5, 0.6) is 0 Å². The lowest BCUT2D eigenvalue weighted by Gasteiger charge is -2.30. The van der Waals surface area contributed by atoms with Gasteiger partial charge < -0.3 is 4.57 Å². The zero-order valence-corrected chi connectivity index (χ0v) is 12.7. The molecule has 20 heavy (non-hydrogen) atoms. The molecule has 1 fully saturated rings. The predicted molar refractivity (Wildman–Crippen MR) is 80.6 cm³/mol. The molecule has 4 heteroatoms. The lowest BCUT2D eigenvalue weighted by molar-refractivity contribution is 0.282. The SMILES string of the molecule is CC1CCCC(n2c(C(C)Cl)nc3c(F)cccc32)C1. The van der Waals surface area contributed by atoms with Crippen molar-refractivity contribution in [3.63, 3.8) is 0 Å². The van der Waals surface area contributed by atoms with Gasteiger partial charge in [0.2, 0.25) is 0 Å². The van der Waals surface area contributed by atoms with Crippen molar-refractivity contribution in [3.8, 4) is 0 Å². The number of hydrogen-bond acceptors (Lipinski definition) is 1. The quantitative estimate of drug-likeness (QED) is 0.694. The van der Waals surface area contributed by atoms with Gasteiger partial charge in [-0.05, 0) is 37.8 Å². The summed E-state index contributed by atoms with van der Waals surface area (Å²) in [6.07, 6.45) is 4.75. The molecular weight excluding hydrogens is 275 g/mol. The van der Waals surface area contributed by atoms with Gasteiger partial charge in [-0.1, -0.05) is 25.8 Å². The molecule has 108 valence electrons. The molecule has 2 nitrogen and oxygen atoms in total. The van der Waals surface area contributed by atoms with Crippen molar-refractivity contribution in [2.45, 2.75) is 50.9 Å². The Kier molecular flexibility index (Phi) is 3.72. The van der Waals surface area contributed by atoms with Gasteiger partial charge in [0.15, 0.2) is 5.82 Å². The van der Waals surface area contributed by atoms with Crippen molar-refractivity contribution >= 4 is 22.6 Å². The molecule has 0 amide bonds. The number of halogens is 2. The van der Waals surface area contributed by atoms with Crippen LogP contribution in [0, 0.1) is 11.7 Å². The van der Waals surface area contributed by atoms with Crippen LogP contribution in [0.25, 0.3) is 11.0 Å². The zero-order chi connectivity index (χ0) is 14.3. The molecule has 3 unspecified atom stereocenters. The third-order valence-electron chi connectivity index (χ3n) is 4.33. The molecule has 1 saturated carbocycles. The van der Waals surface area contributed by atoms with Crippen molar-refractivity contribution in [2.24, 2.45) is 5.92 Å². The highest BCUT2D eigenvalue weighted by atomic mass is 35.5. The van der Waals surface area contributed by atoms with E-state index < -0.39 is 0 Å². The standard InChI is InChI=1S/C16H20ClFN2/c1-10-5-3-6-12(9-10)20-14-8-4-7-13(18)15(14)19-16(20)11(2)17/h4,7-8,10-12H,3,5-6,9H2,1-2H3.